The Morgan fingerprint density at radius 2 is 1.87 bits per heavy atom. The molecule has 1 saturated heterocycles. The van der Waals surface area contributed by atoms with Crippen LogP contribution < -0.4 is 4.74 Å². The molecule has 0 unspecified atom stereocenters. The summed E-state index contributed by atoms with van der Waals surface area (Å²) in [6, 6.07) is 14.8. The molecule has 0 bridgehead atoms. The Morgan fingerprint density at radius 3 is 2.74 bits per heavy atom. The predicted molar refractivity (Wildman–Crippen MR) is 116 cm³/mol. The summed E-state index contributed by atoms with van der Waals surface area (Å²) in [5, 5.41) is 7.73. The molecule has 31 heavy (non-hydrogen) atoms. The van der Waals surface area contributed by atoms with Crippen molar-refractivity contribution in [2.75, 3.05) is 13.2 Å². The Bertz CT molecular complexity index is 1160. The highest BCUT2D eigenvalue weighted by Gasteiger charge is 2.28. The fourth-order valence-corrected chi connectivity index (χ4v) is 4.18. The Labute approximate surface area is 180 Å². The average molecular weight is 417 g/mol. The Morgan fingerprint density at radius 1 is 1.03 bits per heavy atom. The number of nitrogens with one attached hydrogen (secondary N) is 1. The number of benzene rings is 2. The van der Waals surface area contributed by atoms with Gasteiger partial charge >= 0.3 is 0 Å². The molecule has 1 N–H and O–H groups in total. The van der Waals surface area contributed by atoms with E-state index in [1.54, 1.807) is 24.5 Å². The lowest BCUT2D eigenvalue weighted by molar-refractivity contribution is 0.244. The number of likely N-dealkylation sites (tertiary alicyclic amines) is 1. The summed E-state index contributed by atoms with van der Waals surface area (Å²) in [6.45, 7) is 2.44. The lowest BCUT2D eigenvalue weighted by atomic mass is 10.1. The molecule has 5 rings (SSSR count). The van der Waals surface area contributed by atoms with E-state index in [4.69, 9.17) is 4.74 Å². The first-order chi connectivity index (χ1) is 15.2. The molecule has 1 fully saturated rings. The molecule has 6 nitrogen and oxygen atoms in total. The largest absolute Gasteiger partial charge is 0.493 e. The van der Waals surface area contributed by atoms with Crippen molar-refractivity contribution in [2.24, 2.45) is 0 Å². The van der Waals surface area contributed by atoms with Crippen LogP contribution in [0.25, 0.3) is 11.0 Å². The summed E-state index contributed by atoms with van der Waals surface area (Å²) in [4.78, 5) is 11.3. The van der Waals surface area contributed by atoms with Crippen LogP contribution in [-0.4, -0.2) is 38.2 Å². The lowest BCUT2D eigenvalue weighted by Crippen LogP contribution is -2.23. The van der Waals surface area contributed by atoms with Crippen molar-refractivity contribution in [3.63, 3.8) is 0 Å². The van der Waals surface area contributed by atoms with E-state index in [1.165, 1.54) is 17.7 Å². The fourth-order valence-electron chi connectivity index (χ4n) is 4.18. The first kappa shape index (κ1) is 19.6. The number of fused-ring (bicyclic) bond motifs is 1. The van der Waals surface area contributed by atoms with Gasteiger partial charge in [-0.2, -0.15) is 5.10 Å². The zero-order chi connectivity index (χ0) is 21.0. The maximum absolute atomic E-state index is 13.0. The van der Waals surface area contributed by atoms with Gasteiger partial charge in [-0.1, -0.05) is 6.07 Å². The Balaban J connectivity index is 1.21. The van der Waals surface area contributed by atoms with E-state index >= 15 is 0 Å². The number of aromatic amines is 1. The Hall–Kier alpha value is -3.32. The van der Waals surface area contributed by atoms with Crippen LogP contribution in [-0.2, 0) is 13.0 Å². The molecule has 2 aromatic carbocycles. The van der Waals surface area contributed by atoms with Gasteiger partial charge in [0.25, 0.3) is 0 Å². The van der Waals surface area contributed by atoms with Crippen molar-refractivity contribution in [3.8, 4) is 5.75 Å². The summed E-state index contributed by atoms with van der Waals surface area (Å²) in [6.07, 6.45) is 6.44. The van der Waals surface area contributed by atoms with Crippen LogP contribution in [0, 0.1) is 5.82 Å². The summed E-state index contributed by atoms with van der Waals surface area (Å²) in [7, 11) is 0. The third kappa shape index (κ3) is 4.56. The first-order valence-corrected chi connectivity index (χ1v) is 10.6. The normalized spacial score (nSPS) is 16.7. The molecule has 7 heteroatoms. The van der Waals surface area contributed by atoms with Gasteiger partial charge in [-0.05, 0) is 67.4 Å². The molecule has 0 radical (unpaired) electrons. The zero-order valence-electron chi connectivity index (χ0n) is 17.2. The van der Waals surface area contributed by atoms with E-state index in [9.17, 15) is 4.39 Å². The van der Waals surface area contributed by atoms with Crippen LogP contribution in [0.15, 0.2) is 60.9 Å². The van der Waals surface area contributed by atoms with Gasteiger partial charge < -0.3 is 4.74 Å². The number of H-pyrrole nitrogens is 1. The summed E-state index contributed by atoms with van der Waals surface area (Å²) < 4.78 is 18.7. The van der Waals surface area contributed by atoms with Gasteiger partial charge in [-0.25, -0.2) is 4.39 Å². The quantitative estimate of drug-likeness (QED) is 0.481. The topological polar surface area (TPSA) is 66.9 Å². The number of nitrogens with zero attached hydrogens (tertiary/aromatic N) is 4. The maximum Gasteiger partial charge on any atom is 0.123 e. The minimum absolute atomic E-state index is 0.261. The van der Waals surface area contributed by atoms with E-state index in [0.717, 1.165) is 54.8 Å². The molecule has 1 aliphatic rings. The lowest BCUT2D eigenvalue weighted by Gasteiger charge is -2.23. The van der Waals surface area contributed by atoms with Crippen molar-refractivity contribution >= 4 is 11.0 Å². The molecule has 1 atom stereocenters. The highest BCUT2D eigenvalue weighted by Crippen LogP contribution is 2.32. The summed E-state index contributed by atoms with van der Waals surface area (Å²) in [5.41, 5.74) is 5.21. The standard InChI is InChI=1S/C24H24FN5O/c25-18-4-6-20(7-5-18)31-13-9-19-15-23(29-28-19)24-2-1-12-30(24)16-17-3-8-21-22(14-17)27-11-10-26-21/h3-8,10-11,14-15,24H,1-2,9,12-13,16H2,(H,28,29)/t24-/m1/s1. The predicted octanol–water partition coefficient (Wildman–Crippen LogP) is 4.45. The summed E-state index contributed by atoms with van der Waals surface area (Å²) in [5.74, 6) is 0.409. The second-order valence-corrected chi connectivity index (χ2v) is 7.88. The SMILES string of the molecule is Fc1ccc(OCCc2cc([C@H]3CCCN3Cc3ccc4nccnc4c3)n[nH]2)cc1. The van der Waals surface area contributed by atoms with E-state index in [1.807, 2.05) is 6.07 Å². The summed E-state index contributed by atoms with van der Waals surface area (Å²) >= 11 is 0. The van der Waals surface area contributed by atoms with Gasteiger partial charge in [0.15, 0.2) is 0 Å². The average Bonchev–Trinajstić information content (AvgIpc) is 3.44. The van der Waals surface area contributed by atoms with E-state index < -0.39 is 0 Å². The molecule has 0 aliphatic carbocycles. The minimum atomic E-state index is -0.261. The molecule has 4 aromatic rings. The van der Waals surface area contributed by atoms with Gasteiger partial charge in [-0.3, -0.25) is 20.0 Å². The van der Waals surface area contributed by atoms with Gasteiger partial charge in [-0.15, -0.1) is 0 Å². The molecular formula is C24H24FN5O. The third-order valence-electron chi connectivity index (χ3n) is 5.73. The molecule has 158 valence electrons. The van der Waals surface area contributed by atoms with Gasteiger partial charge in [0.1, 0.15) is 11.6 Å². The van der Waals surface area contributed by atoms with Crippen LogP contribution >= 0.6 is 0 Å². The van der Waals surface area contributed by atoms with Crippen molar-refractivity contribution in [3.05, 3.63) is 83.7 Å². The van der Waals surface area contributed by atoms with E-state index in [0.29, 0.717) is 18.4 Å². The van der Waals surface area contributed by atoms with Crippen LogP contribution in [0.5, 0.6) is 5.75 Å². The van der Waals surface area contributed by atoms with Crippen LogP contribution in [0.4, 0.5) is 4.39 Å². The van der Waals surface area contributed by atoms with Gasteiger partial charge in [0, 0.05) is 31.1 Å². The number of aromatic nitrogens is 4. The smallest absolute Gasteiger partial charge is 0.123 e. The van der Waals surface area contributed by atoms with E-state index in [2.05, 4.69) is 43.3 Å². The molecule has 2 aromatic heterocycles. The molecule has 0 amide bonds. The fraction of sp³-hybridized carbons (Fsp3) is 0.292. The van der Waals surface area contributed by atoms with Crippen molar-refractivity contribution in [1.29, 1.82) is 0 Å². The van der Waals surface area contributed by atoms with Gasteiger partial charge in [0.05, 0.1) is 29.4 Å². The zero-order valence-corrected chi connectivity index (χ0v) is 17.2. The van der Waals surface area contributed by atoms with Crippen molar-refractivity contribution in [2.45, 2.75) is 31.8 Å². The highest BCUT2D eigenvalue weighted by molar-refractivity contribution is 5.74. The number of hydrogen-bond donors (Lipinski definition) is 1. The number of hydrogen-bond acceptors (Lipinski definition) is 5. The molecule has 3 heterocycles. The molecular weight excluding hydrogens is 393 g/mol. The third-order valence-corrected chi connectivity index (χ3v) is 5.73. The monoisotopic (exact) mass is 417 g/mol. The second-order valence-electron chi connectivity index (χ2n) is 7.88. The number of rotatable bonds is 7. The van der Waals surface area contributed by atoms with Crippen LogP contribution in [0.3, 0.4) is 0 Å². The Kier molecular flexibility index (Phi) is 5.58. The van der Waals surface area contributed by atoms with E-state index in [-0.39, 0.29) is 5.82 Å². The molecule has 1 aliphatic heterocycles. The second kappa shape index (κ2) is 8.81. The van der Waals surface area contributed by atoms with Crippen LogP contribution in [0.1, 0.15) is 35.8 Å². The number of halogens is 1. The number of ether oxygens (including phenoxy) is 1. The highest BCUT2D eigenvalue weighted by atomic mass is 19.1. The molecule has 0 saturated carbocycles. The molecule has 0 spiro atoms. The minimum Gasteiger partial charge on any atom is -0.493 e. The van der Waals surface area contributed by atoms with Crippen molar-refractivity contribution < 1.29 is 9.13 Å². The first-order valence-electron chi connectivity index (χ1n) is 10.6. The van der Waals surface area contributed by atoms with Crippen LogP contribution in [0.2, 0.25) is 0 Å². The maximum atomic E-state index is 13.0. The van der Waals surface area contributed by atoms with Gasteiger partial charge in [0.2, 0.25) is 0 Å². The van der Waals surface area contributed by atoms with Crippen molar-refractivity contribution in [1.82, 2.24) is 25.1 Å².